The molecular weight excluding hydrogens is 406 g/mol. The van der Waals surface area contributed by atoms with Crippen LogP contribution >= 0.6 is 0 Å². The van der Waals surface area contributed by atoms with Gasteiger partial charge in [0.25, 0.3) is 0 Å². The normalized spacial score (nSPS) is 20.6. The second-order valence-electron chi connectivity index (χ2n) is 7.99. The smallest absolute Gasteiger partial charge is 0.244 e. The average molecular weight is 434 g/mol. The highest BCUT2D eigenvalue weighted by Crippen LogP contribution is 2.35. The van der Waals surface area contributed by atoms with Crippen molar-refractivity contribution >= 4 is 15.9 Å². The lowest BCUT2D eigenvalue weighted by Crippen LogP contribution is -2.51. The predicted octanol–water partition coefficient (Wildman–Crippen LogP) is 1.98. The molecule has 4 rings (SSSR count). The van der Waals surface area contributed by atoms with Crippen LogP contribution in [0.1, 0.15) is 56.7 Å². The second-order valence-corrected chi connectivity index (χ2v) is 9.92. The summed E-state index contributed by atoms with van der Waals surface area (Å²) >= 11 is 0. The Morgan fingerprint density at radius 2 is 2.13 bits per heavy atom. The Morgan fingerprint density at radius 1 is 1.30 bits per heavy atom. The molecule has 0 spiro atoms. The van der Waals surface area contributed by atoms with Crippen molar-refractivity contribution in [1.29, 1.82) is 0 Å². The number of rotatable bonds is 7. The van der Waals surface area contributed by atoms with Gasteiger partial charge >= 0.3 is 0 Å². The third kappa shape index (κ3) is 4.39. The molecule has 10 heteroatoms. The van der Waals surface area contributed by atoms with Gasteiger partial charge < -0.3 is 9.42 Å². The number of piperidine rings is 1. The van der Waals surface area contributed by atoms with Crippen molar-refractivity contribution in [3.8, 4) is 0 Å². The number of carbonyl (C=O) groups excluding carboxylic acids is 1. The number of amides is 1. The predicted molar refractivity (Wildman–Crippen MR) is 108 cm³/mol. The number of nitrogens with zero attached hydrogens (tertiary/aromatic N) is 5. The maximum atomic E-state index is 13.0. The van der Waals surface area contributed by atoms with Crippen molar-refractivity contribution in [2.24, 2.45) is 0 Å². The molecule has 30 heavy (non-hydrogen) atoms. The Kier molecular flexibility index (Phi) is 6.14. The zero-order valence-corrected chi connectivity index (χ0v) is 17.9. The van der Waals surface area contributed by atoms with Crippen LogP contribution in [-0.2, 0) is 21.2 Å². The Hall–Kier alpha value is -2.33. The van der Waals surface area contributed by atoms with Gasteiger partial charge in [-0.15, -0.1) is 0 Å². The van der Waals surface area contributed by atoms with E-state index in [4.69, 9.17) is 4.52 Å². The summed E-state index contributed by atoms with van der Waals surface area (Å²) in [5, 5.41) is 4.05. The van der Waals surface area contributed by atoms with E-state index in [1.165, 1.54) is 23.8 Å². The van der Waals surface area contributed by atoms with Gasteiger partial charge in [0, 0.05) is 57.3 Å². The zero-order valence-electron chi connectivity index (χ0n) is 17.1. The minimum Gasteiger partial charge on any atom is -0.339 e. The van der Waals surface area contributed by atoms with E-state index < -0.39 is 10.0 Å². The molecule has 1 atom stereocenters. The first kappa shape index (κ1) is 20.9. The maximum absolute atomic E-state index is 13.0. The van der Waals surface area contributed by atoms with Crippen molar-refractivity contribution in [3.05, 3.63) is 36.2 Å². The molecule has 2 aliphatic rings. The lowest BCUT2D eigenvalue weighted by molar-refractivity contribution is -0.131. The molecule has 3 heterocycles. The molecule has 2 aromatic rings. The van der Waals surface area contributed by atoms with Crippen LogP contribution in [0.15, 0.2) is 33.9 Å². The van der Waals surface area contributed by atoms with Crippen LogP contribution in [0.5, 0.6) is 0 Å². The van der Waals surface area contributed by atoms with Gasteiger partial charge in [0.05, 0.1) is 0 Å². The Bertz CT molecular complexity index is 974. The number of hydrogen-bond acceptors (Lipinski definition) is 7. The average Bonchev–Trinajstić information content (AvgIpc) is 3.15. The second kappa shape index (κ2) is 8.81. The minimum absolute atomic E-state index is 0.0802. The lowest BCUT2D eigenvalue weighted by Gasteiger charge is -2.38. The molecule has 0 aromatic carbocycles. The number of aromatic nitrogens is 3. The largest absolute Gasteiger partial charge is 0.339 e. The molecule has 0 bridgehead atoms. The fraction of sp³-hybridized carbons (Fsp3) is 0.600. The van der Waals surface area contributed by atoms with Crippen molar-refractivity contribution in [3.63, 3.8) is 0 Å². The molecule has 0 radical (unpaired) electrons. The Balaban J connectivity index is 1.42. The highest BCUT2D eigenvalue weighted by Gasteiger charge is 2.34. The monoisotopic (exact) mass is 433 g/mol. The third-order valence-corrected chi connectivity index (χ3v) is 7.84. The topological polar surface area (TPSA) is 110 Å². The van der Waals surface area contributed by atoms with Gasteiger partial charge in [-0.2, -0.15) is 9.29 Å². The van der Waals surface area contributed by atoms with Crippen LogP contribution < -0.4 is 0 Å². The van der Waals surface area contributed by atoms with Crippen LogP contribution in [0.4, 0.5) is 0 Å². The summed E-state index contributed by atoms with van der Waals surface area (Å²) in [6.45, 7) is 2.67. The maximum Gasteiger partial charge on any atom is 0.244 e. The summed E-state index contributed by atoms with van der Waals surface area (Å²) < 4.78 is 32.7. The van der Waals surface area contributed by atoms with E-state index in [1.54, 1.807) is 23.2 Å². The van der Waals surface area contributed by atoms with E-state index >= 15 is 0 Å². The quantitative estimate of drug-likeness (QED) is 0.657. The van der Waals surface area contributed by atoms with Crippen LogP contribution in [-0.4, -0.2) is 64.3 Å². The summed E-state index contributed by atoms with van der Waals surface area (Å²) in [5.74, 6) is 1.58. The molecule has 1 saturated carbocycles. The molecule has 9 nitrogen and oxygen atoms in total. The van der Waals surface area contributed by atoms with Crippen LogP contribution in [0.2, 0.25) is 0 Å². The molecule has 1 aliphatic carbocycles. The number of pyridine rings is 1. The lowest BCUT2D eigenvalue weighted by atomic mass is 9.85. The standard InChI is InChI=1S/C20H27N5O4S/c1-15(26)25(12-9-19-22-20(29-23-19)16-5-2-6-16)17-7-4-11-24(14-17)30(27,28)18-8-3-10-21-13-18/h3,8,10,13,16-17H,2,4-7,9,11-12,14H2,1H3. The van der Waals surface area contributed by atoms with E-state index in [-0.39, 0.29) is 23.4 Å². The molecular formula is C20H27N5O4S. The molecule has 1 amide bonds. The highest BCUT2D eigenvalue weighted by molar-refractivity contribution is 7.89. The van der Waals surface area contributed by atoms with E-state index in [1.807, 2.05) is 0 Å². The summed E-state index contributed by atoms with van der Waals surface area (Å²) in [6, 6.07) is 2.98. The number of carbonyl (C=O) groups is 1. The van der Waals surface area contributed by atoms with Gasteiger partial charge in [0.1, 0.15) is 4.90 Å². The fourth-order valence-corrected chi connectivity index (χ4v) is 5.53. The fourth-order valence-electron chi connectivity index (χ4n) is 4.05. The van der Waals surface area contributed by atoms with E-state index in [0.717, 1.165) is 19.3 Å². The highest BCUT2D eigenvalue weighted by atomic mass is 32.2. The van der Waals surface area contributed by atoms with Crippen molar-refractivity contribution in [2.45, 2.75) is 62.3 Å². The Labute approximate surface area is 176 Å². The van der Waals surface area contributed by atoms with Crippen molar-refractivity contribution in [1.82, 2.24) is 24.3 Å². The van der Waals surface area contributed by atoms with E-state index in [9.17, 15) is 13.2 Å². The SMILES string of the molecule is CC(=O)N(CCc1noc(C2CCC2)n1)C1CCCN(S(=O)(=O)c2cccnc2)C1. The molecule has 1 aliphatic heterocycles. The molecule has 0 N–H and O–H groups in total. The van der Waals surface area contributed by atoms with Crippen molar-refractivity contribution < 1.29 is 17.7 Å². The zero-order chi connectivity index (χ0) is 21.1. The van der Waals surface area contributed by atoms with Crippen LogP contribution in [0.3, 0.4) is 0 Å². The van der Waals surface area contributed by atoms with E-state index in [2.05, 4.69) is 15.1 Å². The van der Waals surface area contributed by atoms with Crippen LogP contribution in [0.25, 0.3) is 0 Å². The van der Waals surface area contributed by atoms with Crippen molar-refractivity contribution in [2.75, 3.05) is 19.6 Å². The van der Waals surface area contributed by atoms with Gasteiger partial charge in [0.2, 0.25) is 21.8 Å². The first-order valence-corrected chi connectivity index (χ1v) is 11.9. The summed E-state index contributed by atoms with van der Waals surface area (Å²) in [5.41, 5.74) is 0. The number of hydrogen-bond donors (Lipinski definition) is 0. The molecule has 2 aromatic heterocycles. The molecule has 162 valence electrons. The van der Waals surface area contributed by atoms with Gasteiger partial charge in [-0.05, 0) is 37.8 Å². The van der Waals surface area contributed by atoms with Crippen LogP contribution in [0, 0.1) is 0 Å². The van der Waals surface area contributed by atoms with Gasteiger partial charge in [-0.1, -0.05) is 11.6 Å². The molecule has 1 unspecified atom stereocenters. The number of sulfonamides is 1. The summed E-state index contributed by atoms with van der Waals surface area (Å²) in [7, 11) is -3.63. The molecule has 1 saturated heterocycles. The minimum atomic E-state index is -3.63. The first-order valence-electron chi connectivity index (χ1n) is 10.4. The Morgan fingerprint density at radius 3 is 2.80 bits per heavy atom. The summed E-state index contributed by atoms with van der Waals surface area (Å²) in [6.07, 6.45) is 8.22. The first-order chi connectivity index (χ1) is 14.4. The van der Waals surface area contributed by atoms with E-state index in [0.29, 0.717) is 43.6 Å². The summed E-state index contributed by atoms with van der Waals surface area (Å²) in [4.78, 5) is 22.7. The van der Waals surface area contributed by atoms with Gasteiger partial charge in [-0.25, -0.2) is 8.42 Å². The van der Waals surface area contributed by atoms with Gasteiger partial charge in [0.15, 0.2) is 5.82 Å². The third-order valence-electron chi connectivity index (χ3n) is 5.99. The molecule has 2 fully saturated rings. The van der Waals surface area contributed by atoms with Gasteiger partial charge in [-0.3, -0.25) is 9.78 Å².